The SMILES string of the molecule is OCc1cccn1Cc1ccc(O)cc1. The number of phenols is 1. The van der Waals surface area contributed by atoms with Crippen LogP contribution >= 0.6 is 0 Å². The van der Waals surface area contributed by atoms with Crippen LogP contribution in [0.25, 0.3) is 0 Å². The van der Waals surface area contributed by atoms with Crippen LogP contribution in [0.15, 0.2) is 42.6 Å². The largest absolute Gasteiger partial charge is 0.508 e. The first-order valence-electron chi connectivity index (χ1n) is 4.82. The molecule has 3 heteroatoms. The fraction of sp³-hybridized carbons (Fsp3) is 0.167. The molecule has 0 spiro atoms. The number of nitrogens with zero attached hydrogens (tertiary/aromatic N) is 1. The molecule has 0 amide bonds. The van der Waals surface area contributed by atoms with E-state index in [9.17, 15) is 0 Å². The van der Waals surface area contributed by atoms with Gasteiger partial charge in [-0.25, -0.2) is 0 Å². The lowest BCUT2D eigenvalue weighted by atomic mass is 10.2. The molecule has 1 aromatic carbocycles. The molecule has 1 heterocycles. The third-order valence-electron chi connectivity index (χ3n) is 2.37. The lowest BCUT2D eigenvalue weighted by Gasteiger charge is -2.07. The van der Waals surface area contributed by atoms with E-state index in [0.29, 0.717) is 6.54 Å². The minimum Gasteiger partial charge on any atom is -0.508 e. The summed E-state index contributed by atoms with van der Waals surface area (Å²) in [5.74, 6) is 0.272. The van der Waals surface area contributed by atoms with E-state index in [1.807, 2.05) is 35.0 Å². The molecule has 0 bridgehead atoms. The normalized spacial score (nSPS) is 10.5. The molecule has 0 unspecified atom stereocenters. The average molecular weight is 203 g/mol. The predicted molar refractivity (Wildman–Crippen MR) is 57.6 cm³/mol. The summed E-state index contributed by atoms with van der Waals surface area (Å²) in [6, 6.07) is 10.9. The Morgan fingerprint density at radius 2 is 1.80 bits per heavy atom. The van der Waals surface area contributed by atoms with Gasteiger partial charge in [0.15, 0.2) is 0 Å². The molecule has 15 heavy (non-hydrogen) atoms. The quantitative estimate of drug-likeness (QED) is 0.798. The molecule has 0 saturated heterocycles. The van der Waals surface area contributed by atoms with E-state index < -0.39 is 0 Å². The Morgan fingerprint density at radius 3 is 2.47 bits per heavy atom. The van der Waals surface area contributed by atoms with Gasteiger partial charge in [0.25, 0.3) is 0 Å². The van der Waals surface area contributed by atoms with Crippen molar-refractivity contribution in [3.8, 4) is 5.75 Å². The van der Waals surface area contributed by atoms with Gasteiger partial charge in [-0.2, -0.15) is 0 Å². The number of aromatic hydroxyl groups is 1. The smallest absolute Gasteiger partial charge is 0.115 e. The zero-order valence-electron chi connectivity index (χ0n) is 8.30. The standard InChI is InChI=1S/C12H13NO2/c14-9-11-2-1-7-13(11)8-10-3-5-12(15)6-4-10/h1-7,14-15H,8-9H2. The molecule has 2 rings (SSSR count). The number of hydrogen-bond acceptors (Lipinski definition) is 2. The highest BCUT2D eigenvalue weighted by Gasteiger charge is 2.00. The maximum absolute atomic E-state index is 9.14. The Bertz CT molecular complexity index is 431. The second-order valence-corrected chi connectivity index (χ2v) is 3.45. The van der Waals surface area contributed by atoms with Crippen molar-refractivity contribution < 1.29 is 10.2 Å². The number of hydrogen-bond donors (Lipinski definition) is 2. The molecule has 0 aliphatic rings. The number of aliphatic hydroxyl groups excluding tert-OH is 1. The highest BCUT2D eigenvalue weighted by Crippen LogP contribution is 2.12. The summed E-state index contributed by atoms with van der Waals surface area (Å²) < 4.78 is 1.98. The summed E-state index contributed by atoms with van der Waals surface area (Å²) in [7, 11) is 0. The second-order valence-electron chi connectivity index (χ2n) is 3.45. The Morgan fingerprint density at radius 1 is 1.07 bits per heavy atom. The number of phenolic OH excluding ortho intramolecular Hbond substituents is 1. The van der Waals surface area contributed by atoms with Gasteiger partial charge in [-0.15, -0.1) is 0 Å². The van der Waals surface area contributed by atoms with Crippen molar-refractivity contribution in [3.63, 3.8) is 0 Å². The van der Waals surface area contributed by atoms with Crippen LogP contribution in [-0.2, 0) is 13.2 Å². The van der Waals surface area contributed by atoms with Gasteiger partial charge >= 0.3 is 0 Å². The number of benzene rings is 1. The van der Waals surface area contributed by atoms with Crippen LogP contribution in [0.3, 0.4) is 0 Å². The Kier molecular flexibility index (Phi) is 2.74. The summed E-state index contributed by atoms with van der Waals surface area (Å²) in [4.78, 5) is 0. The maximum atomic E-state index is 9.14. The summed E-state index contributed by atoms with van der Waals surface area (Å²) in [6.07, 6.45) is 1.93. The molecule has 0 atom stereocenters. The summed E-state index contributed by atoms with van der Waals surface area (Å²) in [5, 5.41) is 18.2. The molecule has 0 aliphatic carbocycles. The van der Waals surface area contributed by atoms with Crippen LogP contribution in [0.2, 0.25) is 0 Å². The van der Waals surface area contributed by atoms with Crippen LogP contribution in [0, 0.1) is 0 Å². The van der Waals surface area contributed by atoms with Gasteiger partial charge in [0.05, 0.1) is 6.61 Å². The van der Waals surface area contributed by atoms with Crippen molar-refractivity contribution in [2.24, 2.45) is 0 Å². The van der Waals surface area contributed by atoms with E-state index in [-0.39, 0.29) is 12.4 Å². The lowest BCUT2D eigenvalue weighted by Crippen LogP contribution is -2.02. The fourth-order valence-corrected chi connectivity index (χ4v) is 1.55. The molecular weight excluding hydrogens is 190 g/mol. The van der Waals surface area contributed by atoms with Crippen molar-refractivity contribution in [2.45, 2.75) is 13.2 Å². The molecule has 3 nitrogen and oxygen atoms in total. The second kappa shape index (κ2) is 4.19. The number of aromatic nitrogens is 1. The van der Waals surface area contributed by atoms with E-state index in [0.717, 1.165) is 11.3 Å². The zero-order chi connectivity index (χ0) is 10.7. The summed E-state index contributed by atoms with van der Waals surface area (Å²) in [5.41, 5.74) is 1.99. The molecule has 0 fully saturated rings. The van der Waals surface area contributed by atoms with Gasteiger partial charge < -0.3 is 14.8 Å². The van der Waals surface area contributed by atoms with Gasteiger partial charge in [0.2, 0.25) is 0 Å². The van der Waals surface area contributed by atoms with E-state index in [2.05, 4.69) is 0 Å². The van der Waals surface area contributed by atoms with Crippen LogP contribution < -0.4 is 0 Å². The predicted octanol–water partition coefficient (Wildman–Crippen LogP) is 1.73. The van der Waals surface area contributed by atoms with Gasteiger partial charge in [0, 0.05) is 18.4 Å². The van der Waals surface area contributed by atoms with Crippen LogP contribution in [0.1, 0.15) is 11.3 Å². The minimum absolute atomic E-state index is 0.0467. The summed E-state index contributed by atoms with van der Waals surface area (Å²) in [6.45, 7) is 0.758. The monoisotopic (exact) mass is 203 g/mol. The van der Waals surface area contributed by atoms with E-state index in [4.69, 9.17) is 10.2 Å². The van der Waals surface area contributed by atoms with Gasteiger partial charge in [-0.3, -0.25) is 0 Å². The summed E-state index contributed by atoms with van der Waals surface area (Å²) >= 11 is 0. The van der Waals surface area contributed by atoms with Gasteiger partial charge in [-0.1, -0.05) is 12.1 Å². The van der Waals surface area contributed by atoms with Gasteiger partial charge in [0.1, 0.15) is 5.75 Å². The average Bonchev–Trinajstić information content (AvgIpc) is 2.69. The molecule has 0 aliphatic heterocycles. The number of rotatable bonds is 3. The zero-order valence-corrected chi connectivity index (χ0v) is 8.30. The topological polar surface area (TPSA) is 45.4 Å². The molecule has 0 saturated carbocycles. The highest BCUT2D eigenvalue weighted by atomic mass is 16.3. The lowest BCUT2D eigenvalue weighted by molar-refractivity contribution is 0.271. The van der Waals surface area contributed by atoms with Crippen LogP contribution in [0.5, 0.6) is 5.75 Å². The van der Waals surface area contributed by atoms with Crippen molar-refractivity contribution in [2.75, 3.05) is 0 Å². The van der Waals surface area contributed by atoms with Crippen molar-refractivity contribution >= 4 is 0 Å². The first-order valence-corrected chi connectivity index (χ1v) is 4.82. The molecule has 1 aromatic heterocycles. The van der Waals surface area contributed by atoms with Crippen molar-refractivity contribution in [1.82, 2.24) is 4.57 Å². The van der Waals surface area contributed by atoms with E-state index in [1.54, 1.807) is 12.1 Å². The van der Waals surface area contributed by atoms with Crippen molar-refractivity contribution in [3.05, 3.63) is 53.9 Å². The maximum Gasteiger partial charge on any atom is 0.115 e. The Balaban J connectivity index is 2.18. The number of aliphatic hydroxyl groups is 1. The first kappa shape index (κ1) is 9.80. The molecule has 2 aromatic rings. The Hall–Kier alpha value is -1.74. The third-order valence-corrected chi connectivity index (χ3v) is 2.37. The minimum atomic E-state index is 0.0467. The third kappa shape index (κ3) is 2.19. The highest BCUT2D eigenvalue weighted by molar-refractivity contribution is 5.26. The molecule has 78 valence electrons. The molecule has 0 radical (unpaired) electrons. The molecule has 2 N–H and O–H groups in total. The first-order chi connectivity index (χ1) is 7.29. The Labute approximate surface area is 88.2 Å². The van der Waals surface area contributed by atoms with Crippen LogP contribution in [0.4, 0.5) is 0 Å². The van der Waals surface area contributed by atoms with E-state index in [1.165, 1.54) is 0 Å². The van der Waals surface area contributed by atoms with Crippen LogP contribution in [-0.4, -0.2) is 14.8 Å². The molecular formula is C12H13NO2. The van der Waals surface area contributed by atoms with Crippen molar-refractivity contribution in [1.29, 1.82) is 0 Å². The fourth-order valence-electron chi connectivity index (χ4n) is 1.55. The van der Waals surface area contributed by atoms with E-state index >= 15 is 0 Å². The van der Waals surface area contributed by atoms with Gasteiger partial charge in [-0.05, 0) is 29.8 Å².